The van der Waals surface area contributed by atoms with Gasteiger partial charge in [0.2, 0.25) is 0 Å². The largest absolute Gasteiger partial charge is 0.326 e. The van der Waals surface area contributed by atoms with Crippen molar-refractivity contribution in [1.29, 1.82) is 0 Å². The normalized spacial score (nSPS) is 8.62. The highest BCUT2D eigenvalue weighted by molar-refractivity contribution is 7.96. The molecule has 0 aliphatic rings. The number of aryl methyl sites for hydroxylation is 1. The highest BCUT2D eigenvalue weighted by Gasteiger charge is 1.85. The van der Waals surface area contributed by atoms with E-state index >= 15 is 0 Å². The minimum atomic E-state index is -0.139. The molecule has 13 heavy (non-hydrogen) atoms. The molecule has 0 fully saturated rings. The molecule has 0 radical (unpaired) electrons. The Morgan fingerprint density at radius 2 is 1.77 bits per heavy atom. The van der Waals surface area contributed by atoms with E-state index in [4.69, 9.17) is 5.73 Å². The summed E-state index contributed by atoms with van der Waals surface area (Å²) in [5.74, 6) is 0. The maximum atomic E-state index is 9.31. The molecular formula is C10H15NOS. The van der Waals surface area contributed by atoms with Crippen LogP contribution in [0.1, 0.15) is 18.1 Å². The number of benzene rings is 1. The fourth-order valence-corrected chi connectivity index (χ4v) is 0.724. The van der Waals surface area contributed by atoms with Crippen molar-refractivity contribution in [3.63, 3.8) is 0 Å². The highest BCUT2D eigenvalue weighted by Crippen LogP contribution is 2.00. The number of carbonyl (C=O) groups excluding carboxylic acids is 1. The van der Waals surface area contributed by atoms with E-state index in [1.807, 2.05) is 0 Å². The Balaban J connectivity index is 0.000000310. The SMILES string of the molecule is CC(=O)S.Cc1ccc(CN)cc1. The third kappa shape index (κ3) is 7.56. The lowest BCUT2D eigenvalue weighted by Crippen LogP contribution is -1.94. The van der Waals surface area contributed by atoms with Crippen LogP contribution in [-0.2, 0) is 11.3 Å². The molecule has 0 aliphatic heterocycles. The molecule has 0 aromatic heterocycles. The lowest BCUT2D eigenvalue weighted by atomic mass is 10.2. The Morgan fingerprint density at radius 1 is 1.38 bits per heavy atom. The maximum absolute atomic E-state index is 9.31. The van der Waals surface area contributed by atoms with Crippen molar-refractivity contribution in [2.45, 2.75) is 20.4 Å². The summed E-state index contributed by atoms with van der Waals surface area (Å²) in [4.78, 5) is 9.31. The quantitative estimate of drug-likeness (QED) is 0.675. The van der Waals surface area contributed by atoms with Crippen LogP contribution in [0.2, 0.25) is 0 Å². The number of carbonyl (C=O) groups is 1. The smallest absolute Gasteiger partial charge is 0.182 e. The van der Waals surface area contributed by atoms with Crippen LogP contribution >= 0.6 is 12.6 Å². The number of rotatable bonds is 1. The van der Waals surface area contributed by atoms with Crippen LogP contribution in [0.3, 0.4) is 0 Å². The van der Waals surface area contributed by atoms with Gasteiger partial charge in [-0.15, -0.1) is 12.6 Å². The van der Waals surface area contributed by atoms with Gasteiger partial charge in [-0.25, -0.2) is 0 Å². The van der Waals surface area contributed by atoms with E-state index in [9.17, 15) is 4.79 Å². The predicted molar refractivity (Wildman–Crippen MR) is 58.7 cm³/mol. The van der Waals surface area contributed by atoms with Gasteiger partial charge in [0.1, 0.15) is 0 Å². The van der Waals surface area contributed by atoms with Crippen LogP contribution in [0.15, 0.2) is 24.3 Å². The first kappa shape index (κ1) is 12.2. The van der Waals surface area contributed by atoms with E-state index in [2.05, 4.69) is 43.8 Å². The Morgan fingerprint density at radius 3 is 2.08 bits per heavy atom. The van der Waals surface area contributed by atoms with Gasteiger partial charge in [0.25, 0.3) is 0 Å². The summed E-state index contributed by atoms with van der Waals surface area (Å²) in [5, 5.41) is -0.139. The van der Waals surface area contributed by atoms with E-state index < -0.39 is 0 Å². The van der Waals surface area contributed by atoms with Crippen molar-refractivity contribution < 1.29 is 4.79 Å². The third-order valence-electron chi connectivity index (χ3n) is 1.36. The van der Waals surface area contributed by atoms with Gasteiger partial charge in [-0.05, 0) is 12.5 Å². The topological polar surface area (TPSA) is 43.1 Å². The fourth-order valence-electron chi connectivity index (χ4n) is 0.724. The Kier molecular flexibility index (Phi) is 6.28. The highest BCUT2D eigenvalue weighted by atomic mass is 32.1. The minimum absolute atomic E-state index is 0.139. The van der Waals surface area contributed by atoms with Gasteiger partial charge in [0.05, 0.1) is 0 Å². The number of thiol groups is 1. The van der Waals surface area contributed by atoms with E-state index in [1.54, 1.807) is 0 Å². The van der Waals surface area contributed by atoms with E-state index in [0.29, 0.717) is 6.54 Å². The molecule has 3 heteroatoms. The third-order valence-corrected chi connectivity index (χ3v) is 1.36. The molecule has 0 spiro atoms. The van der Waals surface area contributed by atoms with Crippen molar-refractivity contribution in [2.24, 2.45) is 5.73 Å². The molecule has 1 rings (SSSR count). The average molecular weight is 197 g/mol. The minimum Gasteiger partial charge on any atom is -0.326 e. The monoisotopic (exact) mass is 197 g/mol. The molecule has 0 bridgehead atoms. The molecule has 2 N–H and O–H groups in total. The number of hydrogen-bond donors (Lipinski definition) is 2. The van der Waals surface area contributed by atoms with Crippen LogP contribution < -0.4 is 5.73 Å². The van der Waals surface area contributed by atoms with E-state index in [-0.39, 0.29) is 5.12 Å². The lowest BCUT2D eigenvalue weighted by Gasteiger charge is -1.94. The van der Waals surface area contributed by atoms with Gasteiger partial charge in [-0.3, -0.25) is 4.79 Å². The second-order valence-electron chi connectivity index (χ2n) is 2.71. The van der Waals surface area contributed by atoms with Crippen molar-refractivity contribution in [3.8, 4) is 0 Å². The molecule has 0 aliphatic carbocycles. The molecular weight excluding hydrogens is 182 g/mol. The molecule has 0 atom stereocenters. The standard InChI is InChI=1S/C8H11N.C2H4OS/c1-7-2-4-8(6-9)5-3-7;1-2(3)4/h2-5H,6,9H2,1H3;1H3,(H,3,4). The fraction of sp³-hybridized carbons (Fsp3) is 0.300. The first-order chi connectivity index (χ1) is 6.06. The number of hydrogen-bond acceptors (Lipinski definition) is 2. The van der Waals surface area contributed by atoms with Gasteiger partial charge >= 0.3 is 0 Å². The molecule has 0 heterocycles. The van der Waals surface area contributed by atoms with Crippen LogP contribution in [0, 0.1) is 6.92 Å². The van der Waals surface area contributed by atoms with Gasteiger partial charge in [0, 0.05) is 13.5 Å². The van der Waals surface area contributed by atoms with Crippen LogP contribution in [0.5, 0.6) is 0 Å². The molecule has 0 amide bonds. The summed E-state index contributed by atoms with van der Waals surface area (Å²) >= 11 is 3.33. The summed E-state index contributed by atoms with van der Waals surface area (Å²) in [5.41, 5.74) is 7.88. The Bertz CT molecular complexity index is 252. The van der Waals surface area contributed by atoms with Crippen molar-refractivity contribution >= 4 is 17.7 Å². The second kappa shape index (κ2) is 6.69. The molecule has 0 saturated heterocycles. The van der Waals surface area contributed by atoms with Gasteiger partial charge < -0.3 is 5.73 Å². The summed E-state index contributed by atoms with van der Waals surface area (Å²) in [7, 11) is 0. The maximum Gasteiger partial charge on any atom is 0.182 e. The van der Waals surface area contributed by atoms with Crippen molar-refractivity contribution in [2.75, 3.05) is 0 Å². The summed E-state index contributed by atoms with van der Waals surface area (Å²) < 4.78 is 0. The lowest BCUT2D eigenvalue weighted by molar-refractivity contribution is -0.108. The molecule has 2 nitrogen and oxygen atoms in total. The van der Waals surface area contributed by atoms with E-state index in [0.717, 1.165) is 0 Å². The first-order valence-electron chi connectivity index (χ1n) is 4.01. The van der Waals surface area contributed by atoms with Crippen molar-refractivity contribution in [3.05, 3.63) is 35.4 Å². The van der Waals surface area contributed by atoms with Crippen LogP contribution in [0.25, 0.3) is 0 Å². The Labute approximate surface area is 84.6 Å². The molecule has 0 saturated carbocycles. The molecule has 1 aromatic rings. The van der Waals surface area contributed by atoms with Crippen molar-refractivity contribution in [1.82, 2.24) is 0 Å². The Hall–Kier alpha value is -0.800. The van der Waals surface area contributed by atoms with Crippen LogP contribution in [-0.4, -0.2) is 5.12 Å². The zero-order chi connectivity index (χ0) is 10.3. The van der Waals surface area contributed by atoms with E-state index in [1.165, 1.54) is 18.1 Å². The first-order valence-corrected chi connectivity index (χ1v) is 4.46. The number of nitrogens with two attached hydrogens (primary N) is 1. The molecule has 1 aromatic carbocycles. The van der Waals surface area contributed by atoms with Gasteiger partial charge in [0.15, 0.2) is 5.12 Å². The van der Waals surface area contributed by atoms with Gasteiger partial charge in [-0.1, -0.05) is 29.8 Å². The zero-order valence-electron chi connectivity index (χ0n) is 7.95. The molecule has 0 unspecified atom stereocenters. The molecule has 72 valence electrons. The second-order valence-corrected chi connectivity index (χ2v) is 3.34. The van der Waals surface area contributed by atoms with Gasteiger partial charge in [-0.2, -0.15) is 0 Å². The summed E-state index contributed by atoms with van der Waals surface area (Å²) in [6, 6.07) is 8.25. The van der Waals surface area contributed by atoms with Crippen LogP contribution in [0.4, 0.5) is 0 Å². The zero-order valence-corrected chi connectivity index (χ0v) is 8.84. The predicted octanol–water partition coefficient (Wildman–Crippen LogP) is 1.92. The summed E-state index contributed by atoms with van der Waals surface area (Å²) in [6.45, 7) is 4.10. The average Bonchev–Trinajstić information content (AvgIpc) is 2.05. The summed E-state index contributed by atoms with van der Waals surface area (Å²) in [6.07, 6.45) is 0.